The average molecular weight is 345 g/mol. The lowest BCUT2D eigenvalue weighted by Crippen LogP contribution is -2.26. The predicted molar refractivity (Wildman–Crippen MR) is 103 cm³/mol. The highest BCUT2D eigenvalue weighted by molar-refractivity contribution is 6.11. The van der Waals surface area contributed by atoms with E-state index in [1.54, 1.807) is 12.1 Å². The van der Waals surface area contributed by atoms with Crippen molar-refractivity contribution >= 4 is 34.1 Å². The van der Waals surface area contributed by atoms with E-state index in [0.717, 1.165) is 27.8 Å². The van der Waals surface area contributed by atoms with E-state index in [0.29, 0.717) is 11.3 Å². The monoisotopic (exact) mass is 345 g/mol. The number of pyridine rings is 1. The Morgan fingerprint density at radius 2 is 1.88 bits per heavy atom. The summed E-state index contributed by atoms with van der Waals surface area (Å²) in [7, 11) is 0. The molecule has 0 unspecified atom stereocenters. The van der Waals surface area contributed by atoms with E-state index in [2.05, 4.69) is 15.6 Å². The lowest BCUT2D eigenvalue weighted by Gasteiger charge is -2.15. The summed E-state index contributed by atoms with van der Waals surface area (Å²) in [4.78, 5) is 29.3. The molecule has 0 fully saturated rings. The first-order valence-electron chi connectivity index (χ1n) is 8.50. The van der Waals surface area contributed by atoms with E-state index in [4.69, 9.17) is 0 Å². The summed E-state index contributed by atoms with van der Waals surface area (Å²) in [6, 6.07) is 14.9. The van der Waals surface area contributed by atoms with Gasteiger partial charge < -0.3 is 10.6 Å². The molecule has 26 heavy (non-hydrogen) atoms. The molecule has 2 amide bonds. The van der Waals surface area contributed by atoms with Crippen molar-refractivity contribution in [2.45, 2.75) is 26.2 Å². The van der Waals surface area contributed by atoms with Crippen LogP contribution in [0.15, 0.2) is 48.5 Å². The van der Waals surface area contributed by atoms with E-state index >= 15 is 0 Å². The number of aromatic nitrogens is 1. The normalized spacial score (nSPS) is 14.8. The third kappa shape index (κ3) is 2.52. The highest BCUT2D eigenvalue weighted by atomic mass is 16.2. The topological polar surface area (TPSA) is 71.1 Å². The van der Waals surface area contributed by atoms with Crippen LogP contribution in [0.25, 0.3) is 10.9 Å². The Labute approximate surface area is 151 Å². The Hall–Kier alpha value is -3.21. The molecular weight excluding hydrogens is 326 g/mol. The molecule has 1 aliphatic heterocycles. The second kappa shape index (κ2) is 5.66. The second-order valence-corrected chi connectivity index (χ2v) is 7.12. The Morgan fingerprint density at radius 1 is 1.12 bits per heavy atom. The third-order valence-electron chi connectivity index (χ3n) is 4.86. The van der Waals surface area contributed by atoms with Crippen LogP contribution in [0.1, 0.15) is 35.5 Å². The van der Waals surface area contributed by atoms with Gasteiger partial charge in [0.25, 0.3) is 5.91 Å². The number of aryl methyl sites for hydroxylation is 1. The number of nitrogens with one attached hydrogen (secondary N) is 2. The highest BCUT2D eigenvalue weighted by Gasteiger charge is 2.38. The standard InChI is InChI=1S/C21H19N3O2/c1-12-10-17(14-6-4-5-7-16(14)22-12)23-19(25)13-8-9-15-18(11-13)24-20(26)21(15,2)3/h4-11H,1-3H3,(H,24,26)(H,22,23,25). The highest BCUT2D eigenvalue weighted by Crippen LogP contribution is 2.37. The van der Waals surface area contributed by atoms with Crippen molar-refractivity contribution in [3.05, 3.63) is 65.4 Å². The lowest BCUT2D eigenvalue weighted by atomic mass is 9.86. The first-order chi connectivity index (χ1) is 12.4. The van der Waals surface area contributed by atoms with Gasteiger partial charge in [-0.15, -0.1) is 0 Å². The summed E-state index contributed by atoms with van der Waals surface area (Å²) in [5.41, 5.74) is 3.92. The van der Waals surface area contributed by atoms with Crippen LogP contribution in [0.5, 0.6) is 0 Å². The van der Waals surface area contributed by atoms with Crippen LogP contribution in [0, 0.1) is 6.92 Å². The smallest absolute Gasteiger partial charge is 0.255 e. The molecule has 0 atom stereocenters. The Morgan fingerprint density at radius 3 is 2.69 bits per heavy atom. The molecule has 0 saturated heterocycles. The van der Waals surface area contributed by atoms with Crippen LogP contribution in [0.4, 0.5) is 11.4 Å². The number of carbonyl (C=O) groups excluding carboxylic acids is 2. The number of para-hydroxylation sites is 1. The zero-order valence-electron chi connectivity index (χ0n) is 14.9. The number of hydrogen-bond donors (Lipinski definition) is 2. The minimum atomic E-state index is -0.581. The summed E-state index contributed by atoms with van der Waals surface area (Å²) in [6.07, 6.45) is 0. The van der Waals surface area contributed by atoms with Crippen LogP contribution in [0.2, 0.25) is 0 Å². The van der Waals surface area contributed by atoms with Gasteiger partial charge in [0.1, 0.15) is 0 Å². The maximum atomic E-state index is 12.8. The number of hydrogen-bond acceptors (Lipinski definition) is 3. The van der Waals surface area contributed by atoms with Crippen LogP contribution in [0.3, 0.4) is 0 Å². The number of benzene rings is 2. The SMILES string of the molecule is Cc1cc(NC(=O)c2ccc3c(c2)NC(=O)C3(C)C)c2ccccc2n1. The molecule has 0 radical (unpaired) electrons. The molecule has 4 rings (SSSR count). The summed E-state index contributed by atoms with van der Waals surface area (Å²) in [5, 5.41) is 6.72. The van der Waals surface area contributed by atoms with Gasteiger partial charge >= 0.3 is 0 Å². The molecule has 1 aliphatic rings. The molecule has 2 heterocycles. The molecule has 0 bridgehead atoms. The van der Waals surface area contributed by atoms with Gasteiger partial charge in [-0.2, -0.15) is 0 Å². The Bertz CT molecular complexity index is 1070. The average Bonchev–Trinajstić information content (AvgIpc) is 2.83. The molecule has 5 nitrogen and oxygen atoms in total. The van der Waals surface area contributed by atoms with Gasteiger partial charge in [-0.3, -0.25) is 14.6 Å². The summed E-state index contributed by atoms with van der Waals surface area (Å²) in [6.45, 7) is 5.65. The zero-order chi connectivity index (χ0) is 18.5. The molecule has 2 aromatic carbocycles. The number of anilines is 2. The molecule has 1 aromatic heterocycles. The molecule has 0 spiro atoms. The summed E-state index contributed by atoms with van der Waals surface area (Å²) >= 11 is 0. The van der Waals surface area contributed by atoms with E-state index in [1.807, 2.05) is 57.2 Å². The molecule has 130 valence electrons. The Balaban J connectivity index is 1.69. The first kappa shape index (κ1) is 16.3. The summed E-state index contributed by atoms with van der Waals surface area (Å²) in [5.74, 6) is -0.275. The first-order valence-corrected chi connectivity index (χ1v) is 8.50. The van der Waals surface area contributed by atoms with Crippen LogP contribution >= 0.6 is 0 Å². The van der Waals surface area contributed by atoms with Gasteiger partial charge in [-0.1, -0.05) is 24.3 Å². The molecule has 2 N–H and O–H groups in total. The summed E-state index contributed by atoms with van der Waals surface area (Å²) < 4.78 is 0. The molecule has 3 aromatic rings. The van der Waals surface area contributed by atoms with E-state index in [-0.39, 0.29) is 11.8 Å². The van der Waals surface area contributed by atoms with Gasteiger partial charge in [0.2, 0.25) is 5.91 Å². The van der Waals surface area contributed by atoms with Crippen molar-refractivity contribution in [1.29, 1.82) is 0 Å². The van der Waals surface area contributed by atoms with Crippen molar-refractivity contribution in [2.75, 3.05) is 10.6 Å². The molecule has 0 saturated carbocycles. The van der Waals surface area contributed by atoms with Crippen molar-refractivity contribution in [1.82, 2.24) is 4.98 Å². The van der Waals surface area contributed by atoms with Crippen LogP contribution < -0.4 is 10.6 Å². The quantitative estimate of drug-likeness (QED) is 0.737. The fourth-order valence-electron chi connectivity index (χ4n) is 3.34. The van der Waals surface area contributed by atoms with Gasteiger partial charge in [0.15, 0.2) is 0 Å². The number of nitrogens with zero attached hydrogens (tertiary/aromatic N) is 1. The van der Waals surface area contributed by atoms with Crippen molar-refractivity contribution in [2.24, 2.45) is 0 Å². The van der Waals surface area contributed by atoms with Gasteiger partial charge in [0.05, 0.1) is 16.6 Å². The van der Waals surface area contributed by atoms with Gasteiger partial charge in [0, 0.05) is 22.3 Å². The fourth-order valence-corrected chi connectivity index (χ4v) is 3.34. The third-order valence-corrected chi connectivity index (χ3v) is 4.86. The lowest BCUT2D eigenvalue weighted by molar-refractivity contribution is -0.119. The van der Waals surface area contributed by atoms with Crippen molar-refractivity contribution in [3.8, 4) is 0 Å². The van der Waals surface area contributed by atoms with E-state index in [1.165, 1.54) is 0 Å². The number of fused-ring (bicyclic) bond motifs is 2. The van der Waals surface area contributed by atoms with Gasteiger partial charge in [-0.25, -0.2) is 0 Å². The maximum absolute atomic E-state index is 12.8. The van der Waals surface area contributed by atoms with Crippen molar-refractivity contribution in [3.63, 3.8) is 0 Å². The van der Waals surface area contributed by atoms with E-state index in [9.17, 15) is 9.59 Å². The number of rotatable bonds is 2. The largest absolute Gasteiger partial charge is 0.325 e. The maximum Gasteiger partial charge on any atom is 0.255 e. The zero-order valence-corrected chi connectivity index (χ0v) is 14.9. The van der Waals surface area contributed by atoms with Crippen molar-refractivity contribution < 1.29 is 9.59 Å². The van der Waals surface area contributed by atoms with Crippen LogP contribution in [-0.4, -0.2) is 16.8 Å². The minimum absolute atomic E-state index is 0.0548. The molecule has 0 aliphatic carbocycles. The fraction of sp³-hybridized carbons (Fsp3) is 0.190. The molecule has 5 heteroatoms. The molecular formula is C21H19N3O2. The second-order valence-electron chi connectivity index (χ2n) is 7.12. The minimum Gasteiger partial charge on any atom is -0.325 e. The number of amides is 2. The Kier molecular flexibility index (Phi) is 3.54. The predicted octanol–water partition coefficient (Wildman–Crippen LogP) is 4.03. The van der Waals surface area contributed by atoms with Gasteiger partial charge in [-0.05, 0) is 50.6 Å². The van der Waals surface area contributed by atoms with Crippen LogP contribution in [-0.2, 0) is 10.2 Å². The van der Waals surface area contributed by atoms with E-state index < -0.39 is 5.41 Å². The number of carbonyl (C=O) groups is 2.